The summed E-state index contributed by atoms with van der Waals surface area (Å²) in [5.74, 6) is -0.988. The number of nitrogens with one attached hydrogen (secondary N) is 1. The van der Waals surface area contributed by atoms with Crippen molar-refractivity contribution in [2.45, 2.75) is 13.8 Å². The number of hydrogen-bond acceptors (Lipinski definition) is 4. The van der Waals surface area contributed by atoms with E-state index < -0.39 is 11.9 Å². The molecule has 3 rings (SSSR count). The molecule has 3 aromatic rings. The quantitative estimate of drug-likeness (QED) is 0.511. The standard InChI is InChI=1S/C20H16Br2N2O3/c1-11-7-15(21)19(16(22)8-11)24-18(25)10-27-20(26)14-9-12(2)23-17-6-4-3-5-13(14)17/h3-9H,10H2,1-2H3,(H,24,25). The zero-order valence-corrected chi connectivity index (χ0v) is 17.8. The van der Waals surface area contributed by atoms with Gasteiger partial charge in [-0.1, -0.05) is 18.2 Å². The van der Waals surface area contributed by atoms with Gasteiger partial charge >= 0.3 is 5.97 Å². The SMILES string of the molecule is Cc1cc(Br)c(NC(=O)COC(=O)c2cc(C)nc3ccccc23)c(Br)c1. The molecule has 0 spiro atoms. The molecular formula is C20H16Br2N2O3. The van der Waals surface area contributed by atoms with Crippen molar-refractivity contribution in [3.05, 3.63) is 68.2 Å². The summed E-state index contributed by atoms with van der Waals surface area (Å²) in [6.07, 6.45) is 0. The molecule has 0 aliphatic rings. The molecule has 5 nitrogen and oxygen atoms in total. The van der Waals surface area contributed by atoms with Gasteiger partial charge in [-0.25, -0.2) is 4.79 Å². The Morgan fingerprint density at radius 2 is 1.74 bits per heavy atom. The van der Waals surface area contributed by atoms with Crippen molar-refractivity contribution in [2.24, 2.45) is 0 Å². The monoisotopic (exact) mass is 490 g/mol. The molecule has 0 saturated heterocycles. The molecule has 1 aromatic heterocycles. The Hall–Kier alpha value is -2.25. The van der Waals surface area contributed by atoms with Crippen LogP contribution in [0.3, 0.4) is 0 Å². The maximum absolute atomic E-state index is 12.5. The summed E-state index contributed by atoms with van der Waals surface area (Å²) in [6.45, 7) is 3.37. The minimum absolute atomic E-state index is 0.388. The van der Waals surface area contributed by atoms with Crippen molar-refractivity contribution in [1.29, 1.82) is 0 Å². The van der Waals surface area contributed by atoms with Gasteiger partial charge in [-0.15, -0.1) is 0 Å². The van der Waals surface area contributed by atoms with Crippen molar-refractivity contribution >= 4 is 60.3 Å². The van der Waals surface area contributed by atoms with Crippen LogP contribution in [0, 0.1) is 13.8 Å². The van der Waals surface area contributed by atoms with Crippen LogP contribution in [-0.2, 0) is 9.53 Å². The summed E-state index contributed by atoms with van der Waals surface area (Å²) in [5.41, 5.74) is 3.44. The molecule has 27 heavy (non-hydrogen) atoms. The maximum atomic E-state index is 12.5. The third-order valence-electron chi connectivity index (χ3n) is 3.85. The van der Waals surface area contributed by atoms with E-state index in [4.69, 9.17) is 4.74 Å². The highest BCUT2D eigenvalue weighted by Crippen LogP contribution is 2.32. The summed E-state index contributed by atoms with van der Waals surface area (Å²) in [7, 11) is 0. The van der Waals surface area contributed by atoms with E-state index in [0.29, 0.717) is 27.8 Å². The Balaban J connectivity index is 1.72. The molecule has 0 atom stereocenters. The second-order valence-corrected chi connectivity index (χ2v) is 7.76. The molecule has 0 aliphatic heterocycles. The van der Waals surface area contributed by atoms with Crippen LogP contribution in [0.1, 0.15) is 21.6 Å². The second kappa shape index (κ2) is 8.19. The number of benzene rings is 2. The summed E-state index contributed by atoms with van der Waals surface area (Å²) in [6, 6.07) is 12.8. The van der Waals surface area contributed by atoms with Crippen molar-refractivity contribution in [3.63, 3.8) is 0 Å². The molecule has 1 heterocycles. The lowest BCUT2D eigenvalue weighted by molar-refractivity contribution is -0.119. The number of pyridine rings is 1. The van der Waals surface area contributed by atoms with Crippen LogP contribution in [0.2, 0.25) is 0 Å². The van der Waals surface area contributed by atoms with E-state index in [1.54, 1.807) is 12.1 Å². The van der Waals surface area contributed by atoms with E-state index in [-0.39, 0.29) is 6.61 Å². The minimum atomic E-state index is -0.561. The summed E-state index contributed by atoms with van der Waals surface area (Å²) in [5, 5.41) is 3.43. The van der Waals surface area contributed by atoms with Gasteiger partial charge in [0.15, 0.2) is 6.61 Å². The Labute approximate surface area is 173 Å². The molecule has 7 heteroatoms. The second-order valence-electron chi connectivity index (χ2n) is 6.06. The van der Waals surface area contributed by atoms with E-state index in [2.05, 4.69) is 42.2 Å². The molecule has 0 saturated carbocycles. The molecule has 1 N–H and O–H groups in total. The minimum Gasteiger partial charge on any atom is -0.452 e. The molecule has 2 aromatic carbocycles. The fourth-order valence-corrected chi connectivity index (χ4v) is 4.29. The van der Waals surface area contributed by atoms with Gasteiger partial charge in [0.05, 0.1) is 16.8 Å². The zero-order chi connectivity index (χ0) is 19.6. The highest BCUT2D eigenvalue weighted by molar-refractivity contribution is 9.11. The number of fused-ring (bicyclic) bond motifs is 1. The Kier molecular flexibility index (Phi) is 5.92. The van der Waals surface area contributed by atoms with Crippen LogP contribution >= 0.6 is 31.9 Å². The van der Waals surface area contributed by atoms with Crippen LogP contribution in [0.25, 0.3) is 10.9 Å². The van der Waals surface area contributed by atoms with Crippen LogP contribution in [0.5, 0.6) is 0 Å². The Morgan fingerprint density at radius 1 is 1.07 bits per heavy atom. The predicted octanol–water partition coefficient (Wildman–Crippen LogP) is 5.17. The van der Waals surface area contributed by atoms with Crippen molar-refractivity contribution in [1.82, 2.24) is 4.98 Å². The number of aromatic nitrogens is 1. The number of carbonyl (C=O) groups is 2. The maximum Gasteiger partial charge on any atom is 0.339 e. The highest BCUT2D eigenvalue weighted by atomic mass is 79.9. The van der Waals surface area contributed by atoms with Gasteiger partial charge in [0.2, 0.25) is 0 Å². The first-order chi connectivity index (χ1) is 12.8. The van der Waals surface area contributed by atoms with Crippen LogP contribution in [0.4, 0.5) is 5.69 Å². The molecule has 0 fully saturated rings. The number of carbonyl (C=O) groups excluding carboxylic acids is 2. The van der Waals surface area contributed by atoms with Crippen molar-refractivity contribution in [2.75, 3.05) is 11.9 Å². The number of esters is 1. The molecule has 1 amide bonds. The summed E-state index contributed by atoms with van der Waals surface area (Å²) in [4.78, 5) is 29.1. The lowest BCUT2D eigenvalue weighted by Gasteiger charge is -2.12. The van der Waals surface area contributed by atoms with Gasteiger partial charge in [-0.05, 0) is 75.5 Å². The van der Waals surface area contributed by atoms with Crippen molar-refractivity contribution < 1.29 is 14.3 Å². The zero-order valence-electron chi connectivity index (χ0n) is 14.7. The number of nitrogens with zero attached hydrogens (tertiary/aromatic N) is 1. The van der Waals surface area contributed by atoms with E-state index in [9.17, 15) is 9.59 Å². The van der Waals surface area contributed by atoms with E-state index >= 15 is 0 Å². The lowest BCUT2D eigenvalue weighted by atomic mass is 10.1. The largest absolute Gasteiger partial charge is 0.452 e. The molecule has 0 radical (unpaired) electrons. The number of halogens is 2. The third kappa shape index (κ3) is 4.54. The fourth-order valence-electron chi connectivity index (χ4n) is 2.68. The van der Waals surface area contributed by atoms with E-state index in [1.165, 1.54) is 0 Å². The van der Waals surface area contributed by atoms with Gasteiger partial charge in [0, 0.05) is 20.0 Å². The first-order valence-corrected chi connectivity index (χ1v) is 9.73. The van der Waals surface area contributed by atoms with Gasteiger partial charge < -0.3 is 10.1 Å². The Morgan fingerprint density at radius 3 is 2.44 bits per heavy atom. The van der Waals surface area contributed by atoms with Crippen molar-refractivity contribution in [3.8, 4) is 0 Å². The number of ether oxygens (including phenoxy) is 1. The molecule has 0 bridgehead atoms. The van der Waals surface area contributed by atoms with Crippen LogP contribution in [0.15, 0.2) is 51.4 Å². The average Bonchev–Trinajstić information content (AvgIpc) is 2.62. The molecular weight excluding hydrogens is 476 g/mol. The lowest BCUT2D eigenvalue weighted by Crippen LogP contribution is -2.21. The van der Waals surface area contributed by atoms with Crippen LogP contribution < -0.4 is 5.32 Å². The smallest absolute Gasteiger partial charge is 0.339 e. The number of hydrogen-bond donors (Lipinski definition) is 1. The van der Waals surface area contributed by atoms with E-state index in [1.807, 2.05) is 44.2 Å². The number of aryl methyl sites for hydroxylation is 2. The molecule has 0 aliphatic carbocycles. The molecule has 138 valence electrons. The first kappa shape index (κ1) is 19.5. The number of rotatable bonds is 4. The third-order valence-corrected chi connectivity index (χ3v) is 5.10. The number of anilines is 1. The topological polar surface area (TPSA) is 68.3 Å². The summed E-state index contributed by atoms with van der Waals surface area (Å²) >= 11 is 6.84. The summed E-state index contributed by atoms with van der Waals surface area (Å²) < 4.78 is 6.70. The van der Waals surface area contributed by atoms with Gasteiger partial charge in [-0.2, -0.15) is 0 Å². The average molecular weight is 492 g/mol. The van der Waals surface area contributed by atoms with Crippen LogP contribution in [-0.4, -0.2) is 23.5 Å². The van der Waals surface area contributed by atoms with E-state index in [0.717, 1.165) is 14.5 Å². The number of amides is 1. The highest BCUT2D eigenvalue weighted by Gasteiger charge is 2.16. The fraction of sp³-hybridized carbons (Fsp3) is 0.150. The normalized spacial score (nSPS) is 10.7. The first-order valence-electron chi connectivity index (χ1n) is 8.14. The molecule has 0 unspecified atom stereocenters. The van der Waals surface area contributed by atoms with Gasteiger partial charge in [-0.3, -0.25) is 9.78 Å². The predicted molar refractivity (Wildman–Crippen MR) is 112 cm³/mol. The number of para-hydroxylation sites is 1. The van der Waals surface area contributed by atoms with Gasteiger partial charge in [0.1, 0.15) is 0 Å². The van der Waals surface area contributed by atoms with Gasteiger partial charge in [0.25, 0.3) is 5.91 Å². The Bertz CT molecular complexity index is 1030.